The number of carbonyl (C=O) groups excluding carboxylic acids is 1. The van der Waals surface area contributed by atoms with Crippen LogP contribution in [0.25, 0.3) is 0 Å². The van der Waals surface area contributed by atoms with E-state index in [-0.39, 0.29) is 17.9 Å². The number of halogens is 1. The molecule has 0 heterocycles. The van der Waals surface area contributed by atoms with E-state index < -0.39 is 15.9 Å². The molecule has 2 N–H and O–H groups in total. The Morgan fingerprint density at radius 3 is 2.50 bits per heavy atom. The summed E-state index contributed by atoms with van der Waals surface area (Å²) in [6.07, 6.45) is 1.33. The van der Waals surface area contributed by atoms with Crippen molar-refractivity contribution in [1.82, 2.24) is 10.1 Å². The lowest BCUT2D eigenvalue weighted by atomic mass is 10.2. The fraction of sp³-hybridized carbons (Fsp3) is 0.222. The molecule has 28 heavy (non-hydrogen) atoms. The highest BCUT2D eigenvalue weighted by atomic mass is 35.5. The van der Waals surface area contributed by atoms with Gasteiger partial charge in [-0.25, -0.2) is 18.6 Å². The Morgan fingerprint density at radius 1 is 1.14 bits per heavy atom. The summed E-state index contributed by atoms with van der Waals surface area (Å²) < 4.78 is 36.9. The second-order valence-corrected chi connectivity index (χ2v) is 7.71. The normalized spacial score (nSPS) is 11.4. The number of hydrazone groups is 1. The number of benzene rings is 2. The van der Waals surface area contributed by atoms with E-state index in [0.717, 1.165) is 0 Å². The molecule has 0 aliphatic rings. The topological polar surface area (TPSA) is 106 Å². The number of amides is 1. The Bertz CT molecular complexity index is 946. The Hall–Kier alpha value is -2.62. The van der Waals surface area contributed by atoms with Gasteiger partial charge < -0.3 is 9.47 Å². The number of nitrogens with zero attached hydrogens (tertiary/aromatic N) is 1. The molecule has 0 atom stereocenters. The van der Waals surface area contributed by atoms with Crippen molar-refractivity contribution in [3.63, 3.8) is 0 Å². The number of rotatable bonds is 9. The first-order valence-corrected chi connectivity index (χ1v) is 10.0. The number of methoxy groups -OCH3 is 2. The molecule has 2 aromatic rings. The molecule has 0 bridgehead atoms. The van der Waals surface area contributed by atoms with Gasteiger partial charge >= 0.3 is 0 Å². The zero-order valence-corrected chi connectivity index (χ0v) is 16.9. The third kappa shape index (κ3) is 6.22. The van der Waals surface area contributed by atoms with E-state index in [1.807, 2.05) is 0 Å². The lowest BCUT2D eigenvalue weighted by molar-refractivity contribution is -0.120. The van der Waals surface area contributed by atoms with Crippen LogP contribution in [0.5, 0.6) is 11.5 Å². The van der Waals surface area contributed by atoms with Gasteiger partial charge in [0.2, 0.25) is 15.9 Å². The molecule has 2 aromatic carbocycles. The van der Waals surface area contributed by atoms with Crippen molar-refractivity contribution >= 4 is 33.7 Å². The Balaban J connectivity index is 1.86. The zero-order valence-electron chi connectivity index (χ0n) is 15.3. The van der Waals surface area contributed by atoms with Gasteiger partial charge in [0.15, 0.2) is 0 Å². The summed E-state index contributed by atoms with van der Waals surface area (Å²) in [6, 6.07) is 10.9. The Labute approximate surface area is 168 Å². The van der Waals surface area contributed by atoms with Crippen LogP contribution in [0.3, 0.4) is 0 Å². The molecular weight excluding hydrogens is 406 g/mol. The van der Waals surface area contributed by atoms with Gasteiger partial charge in [0.05, 0.1) is 25.3 Å². The molecule has 10 heteroatoms. The standard InChI is InChI=1S/C18H20ClN3O5S/c1-26-15-5-8-17(27-2)13(11-15)12-20-22-18(23)9-10-21-28(24,25)16-6-3-14(19)4-7-16/h3-8,11-12,21H,9-10H2,1-2H3,(H,22,23)/b20-12+. The maximum Gasteiger partial charge on any atom is 0.241 e. The number of ether oxygens (including phenoxy) is 2. The minimum absolute atomic E-state index is 0.0699. The van der Waals surface area contributed by atoms with Crippen LogP contribution in [0, 0.1) is 0 Å². The predicted octanol–water partition coefficient (Wildman–Crippen LogP) is 2.18. The molecule has 0 saturated heterocycles. The van der Waals surface area contributed by atoms with Crippen molar-refractivity contribution in [3.8, 4) is 11.5 Å². The smallest absolute Gasteiger partial charge is 0.241 e. The van der Waals surface area contributed by atoms with Gasteiger partial charge in [-0.05, 0) is 42.5 Å². The maximum absolute atomic E-state index is 12.1. The third-order valence-electron chi connectivity index (χ3n) is 3.60. The van der Waals surface area contributed by atoms with Crippen LogP contribution in [0.4, 0.5) is 0 Å². The van der Waals surface area contributed by atoms with Crippen molar-refractivity contribution in [2.75, 3.05) is 20.8 Å². The minimum Gasteiger partial charge on any atom is -0.497 e. The van der Waals surface area contributed by atoms with E-state index in [0.29, 0.717) is 22.1 Å². The summed E-state index contributed by atoms with van der Waals surface area (Å²) in [5, 5.41) is 4.29. The molecule has 8 nitrogen and oxygen atoms in total. The molecule has 1 amide bonds. The van der Waals surface area contributed by atoms with Crippen LogP contribution in [-0.2, 0) is 14.8 Å². The van der Waals surface area contributed by atoms with E-state index >= 15 is 0 Å². The van der Waals surface area contributed by atoms with Crippen molar-refractivity contribution in [2.45, 2.75) is 11.3 Å². The fourth-order valence-corrected chi connectivity index (χ4v) is 3.32. The van der Waals surface area contributed by atoms with Gasteiger partial charge in [0.25, 0.3) is 0 Å². The predicted molar refractivity (Wildman–Crippen MR) is 107 cm³/mol. The number of carbonyl (C=O) groups is 1. The molecule has 0 aliphatic carbocycles. The lowest BCUT2D eigenvalue weighted by Crippen LogP contribution is -2.29. The first kappa shape index (κ1) is 21.7. The van der Waals surface area contributed by atoms with Gasteiger partial charge in [-0.2, -0.15) is 5.10 Å². The lowest BCUT2D eigenvalue weighted by Gasteiger charge is -2.07. The Morgan fingerprint density at radius 2 is 1.86 bits per heavy atom. The first-order chi connectivity index (χ1) is 13.4. The molecule has 2 rings (SSSR count). The summed E-state index contributed by atoms with van der Waals surface area (Å²) >= 11 is 5.74. The number of nitrogens with one attached hydrogen (secondary N) is 2. The highest BCUT2D eigenvalue weighted by Gasteiger charge is 2.13. The fourth-order valence-electron chi connectivity index (χ4n) is 2.17. The zero-order chi connectivity index (χ0) is 20.6. The number of hydrogen-bond donors (Lipinski definition) is 2. The molecular formula is C18H20ClN3O5S. The number of hydrogen-bond acceptors (Lipinski definition) is 6. The van der Waals surface area contributed by atoms with Gasteiger partial charge in [0.1, 0.15) is 11.5 Å². The van der Waals surface area contributed by atoms with Crippen molar-refractivity contribution in [2.24, 2.45) is 5.10 Å². The summed E-state index contributed by atoms with van der Waals surface area (Å²) in [7, 11) is -0.655. The van der Waals surface area contributed by atoms with Gasteiger partial charge in [0, 0.05) is 23.6 Å². The van der Waals surface area contributed by atoms with Crippen molar-refractivity contribution in [3.05, 3.63) is 53.1 Å². The first-order valence-electron chi connectivity index (χ1n) is 8.15. The monoisotopic (exact) mass is 425 g/mol. The molecule has 0 aromatic heterocycles. The quantitative estimate of drug-likeness (QED) is 0.473. The largest absolute Gasteiger partial charge is 0.497 e. The molecule has 0 aliphatic heterocycles. The second kappa shape index (κ2) is 10.1. The van der Waals surface area contributed by atoms with Crippen LogP contribution in [0.15, 0.2) is 52.5 Å². The van der Waals surface area contributed by atoms with E-state index in [1.54, 1.807) is 18.2 Å². The average Bonchev–Trinajstić information content (AvgIpc) is 2.68. The summed E-state index contributed by atoms with van der Waals surface area (Å²) in [5.74, 6) is 0.733. The molecule has 0 unspecified atom stereocenters. The Kier molecular flexibility index (Phi) is 7.80. The summed E-state index contributed by atoms with van der Waals surface area (Å²) in [5.41, 5.74) is 2.95. The molecule has 150 valence electrons. The SMILES string of the molecule is COc1ccc(OC)c(/C=N/NC(=O)CCNS(=O)(=O)c2ccc(Cl)cc2)c1. The van der Waals surface area contributed by atoms with Crippen LogP contribution in [0.1, 0.15) is 12.0 Å². The molecule has 0 radical (unpaired) electrons. The van der Waals surface area contributed by atoms with Crippen LogP contribution in [0.2, 0.25) is 5.02 Å². The van der Waals surface area contributed by atoms with Crippen molar-refractivity contribution < 1.29 is 22.7 Å². The van der Waals surface area contributed by atoms with Gasteiger partial charge in [-0.3, -0.25) is 4.79 Å². The second-order valence-electron chi connectivity index (χ2n) is 5.50. The minimum atomic E-state index is -3.71. The van der Waals surface area contributed by atoms with Crippen LogP contribution in [-0.4, -0.2) is 41.3 Å². The van der Waals surface area contributed by atoms with E-state index in [2.05, 4.69) is 15.2 Å². The average molecular weight is 426 g/mol. The molecule has 0 spiro atoms. The third-order valence-corrected chi connectivity index (χ3v) is 5.33. The maximum atomic E-state index is 12.1. The van der Waals surface area contributed by atoms with Crippen molar-refractivity contribution in [1.29, 1.82) is 0 Å². The molecule has 0 fully saturated rings. The summed E-state index contributed by atoms with van der Waals surface area (Å²) in [4.78, 5) is 11.9. The van der Waals surface area contributed by atoms with E-state index in [4.69, 9.17) is 21.1 Å². The highest BCUT2D eigenvalue weighted by molar-refractivity contribution is 7.89. The molecule has 0 saturated carbocycles. The van der Waals surface area contributed by atoms with E-state index in [1.165, 1.54) is 44.7 Å². The van der Waals surface area contributed by atoms with Gasteiger partial charge in [-0.1, -0.05) is 11.6 Å². The van der Waals surface area contributed by atoms with Crippen LogP contribution >= 0.6 is 11.6 Å². The van der Waals surface area contributed by atoms with Crippen LogP contribution < -0.4 is 19.6 Å². The number of sulfonamides is 1. The highest BCUT2D eigenvalue weighted by Crippen LogP contribution is 2.22. The summed E-state index contributed by atoms with van der Waals surface area (Å²) in [6.45, 7) is -0.0746. The van der Waals surface area contributed by atoms with Gasteiger partial charge in [-0.15, -0.1) is 0 Å². The van der Waals surface area contributed by atoms with E-state index in [9.17, 15) is 13.2 Å².